The van der Waals surface area contributed by atoms with E-state index in [-0.39, 0.29) is 18.9 Å². The van der Waals surface area contributed by atoms with E-state index in [1.165, 1.54) is 21.3 Å². The Kier molecular flexibility index (Phi) is 5.17. The largest absolute Gasteiger partial charge is 0.497 e. The molecule has 1 aromatic carbocycles. The van der Waals surface area contributed by atoms with E-state index in [4.69, 9.17) is 14.6 Å². The Bertz CT molecular complexity index is 450. The van der Waals surface area contributed by atoms with Crippen molar-refractivity contribution in [3.63, 3.8) is 0 Å². The number of benzene rings is 1. The maximum atomic E-state index is 11.8. The van der Waals surface area contributed by atoms with Gasteiger partial charge in [0.25, 0.3) is 0 Å². The summed E-state index contributed by atoms with van der Waals surface area (Å²) in [5.41, 5.74) is 0.707. The molecule has 1 rings (SSSR count). The van der Waals surface area contributed by atoms with Gasteiger partial charge in [0.2, 0.25) is 5.91 Å². The van der Waals surface area contributed by atoms with Gasteiger partial charge in [-0.1, -0.05) is 0 Å². The van der Waals surface area contributed by atoms with E-state index in [2.05, 4.69) is 0 Å². The summed E-state index contributed by atoms with van der Waals surface area (Å²) in [4.78, 5) is 23.5. The Labute approximate surface area is 111 Å². The number of amides is 1. The molecule has 104 valence electrons. The summed E-state index contributed by atoms with van der Waals surface area (Å²) in [6, 6.07) is 5.14. The number of aliphatic carboxylic acids is 1. The predicted octanol–water partition coefficient (Wildman–Crippen LogP) is 0.789. The molecule has 6 heteroatoms. The van der Waals surface area contributed by atoms with Crippen molar-refractivity contribution < 1.29 is 24.2 Å². The Morgan fingerprint density at radius 3 is 2.11 bits per heavy atom. The number of carbonyl (C=O) groups is 2. The van der Waals surface area contributed by atoms with E-state index in [1.54, 1.807) is 18.2 Å². The minimum atomic E-state index is -1.04. The van der Waals surface area contributed by atoms with Crippen LogP contribution in [0.2, 0.25) is 0 Å². The Hall–Kier alpha value is -2.24. The summed E-state index contributed by atoms with van der Waals surface area (Å²) in [6.07, 6.45) is 0.0946. The van der Waals surface area contributed by atoms with Crippen LogP contribution >= 0.6 is 0 Å². The quantitative estimate of drug-likeness (QED) is 0.824. The van der Waals surface area contributed by atoms with Crippen LogP contribution in [-0.2, 0) is 16.0 Å². The van der Waals surface area contributed by atoms with E-state index >= 15 is 0 Å². The maximum Gasteiger partial charge on any atom is 0.323 e. The predicted molar refractivity (Wildman–Crippen MR) is 68.5 cm³/mol. The van der Waals surface area contributed by atoms with Crippen LogP contribution in [0.5, 0.6) is 11.5 Å². The second kappa shape index (κ2) is 6.63. The molecule has 0 saturated carbocycles. The highest BCUT2D eigenvalue weighted by Crippen LogP contribution is 2.22. The van der Waals surface area contributed by atoms with Crippen molar-refractivity contribution in [1.29, 1.82) is 0 Å². The summed E-state index contributed by atoms with van der Waals surface area (Å²) >= 11 is 0. The third-order valence-electron chi connectivity index (χ3n) is 2.56. The van der Waals surface area contributed by atoms with E-state index in [0.29, 0.717) is 17.1 Å². The van der Waals surface area contributed by atoms with E-state index in [1.807, 2.05) is 0 Å². The lowest BCUT2D eigenvalue weighted by Gasteiger charge is -2.15. The third-order valence-corrected chi connectivity index (χ3v) is 2.56. The molecular weight excluding hydrogens is 250 g/mol. The van der Waals surface area contributed by atoms with Gasteiger partial charge in [0, 0.05) is 13.1 Å². The zero-order chi connectivity index (χ0) is 14.4. The number of methoxy groups -OCH3 is 2. The van der Waals surface area contributed by atoms with Crippen molar-refractivity contribution in [2.45, 2.75) is 6.42 Å². The highest BCUT2D eigenvalue weighted by Gasteiger charge is 2.13. The fraction of sp³-hybridized carbons (Fsp3) is 0.385. The lowest BCUT2D eigenvalue weighted by molar-refractivity contribution is -0.143. The molecular formula is C13H17NO5. The van der Waals surface area contributed by atoms with Crippen LogP contribution in [0.25, 0.3) is 0 Å². The normalized spacial score (nSPS) is 9.84. The monoisotopic (exact) mass is 267 g/mol. The van der Waals surface area contributed by atoms with Crippen molar-refractivity contribution in [1.82, 2.24) is 4.90 Å². The molecule has 0 aromatic heterocycles. The highest BCUT2D eigenvalue weighted by molar-refractivity contribution is 5.82. The Morgan fingerprint density at radius 2 is 1.68 bits per heavy atom. The van der Waals surface area contributed by atoms with Crippen molar-refractivity contribution in [2.75, 3.05) is 27.8 Å². The highest BCUT2D eigenvalue weighted by atomic mass is 16.5. The van der Waals surface area contributed by atoms with E-state index < -0.39 is 5.97 Å². The van der Waals surface area contributed by atoms with Gasteiger partial charge in [-0.2, -0.15) is 0 Å². The molecule has 0 saturated heterocycles. The Morgan fingerprint density at radius 1 is 1.16 bits per heavy atom. The summed E-state index contributed by atoms with van der Waals surface area (Å²) in [7, 11) is 4.50. The van der Waals surface area contributed by atoms with Crippen LogP contribution in [0.15, 0.2) is 18.2 Å². The molecule has 1 aromatic rings. The second-order valence-corrected chi connectivity index (χ2v) is 4.04. The number of ether oxygens (including phenoxy) is 2. The molecule has 0 aliphatic carbocycles. The van der Waals surface area contributed by atoms with Crippen LogP contribution in [0.4, 0.5) is 0 Å². The zero-order valence-corrected chi connectivity index (χ0v) is 11.2. The molecule has 0 bridgehead atoms. The van der Waals surface area contributed by atoms with Crippen LogP contribution < -0.4 is 9.47 Å². The minimum absolute atomic E-state index is 0.0946. The van der Waals surface area contributed by atoms with Gasteiger partial charge in [0.15, 0.2) is 0 Å². The fourth-order valence-corrected chi connectivity index (χ4v) is 1.57. The van der Waals surface area contributed by atoms with Gasteiger partial charge in [0.05, 0.1) is 20.6 Å². The minimum Gasteiger partial charge on any atom is -0.497 e. The summed E-state index contributed by atoms with van der Waals surface area (Å²) in [6.45, 7) is -0.320. The summed E-state index contributed by atoms with van der Waals surface area (Å²) < 4.78 is 10.2. The lowest BCUT2D eigenvalue weighted by atomic mass is 10.1. The molecule has 0 aliphatic rings. The van der Waals surface area contributed by atoms with Crippen LogP contribution in [0.1, 0.15) is 5.56 Å². The number of carboxylic acids is 1. The lowest BCUT2D eigenvalue weighted by Crippen LogP contribution is -2.33. The number of carbonyl (C=O) groups excluding carboxylic acids is 1. The number of carboxylic acid groups (broad SMARTS) is 1. The smallest absolute Gasteiger partial charge is 0.323 e. The SMILES string of the molecule is COc1cc(CC(=O)N(C)CC(=O)O)cc(OC)c1. The summed E-state index contributed by atoms with van der Waals surface area (Å²) in [5.74, 6) is -0.150. The molecule has 0 radical (unpaired) electrons. The van der Waals surface area contributed by atoms with Crippen molar-refractivity contribution in [3.8, 4) is 11.5 Å². The first-order valence-corrected chi connectivity index (χ1v) is 5.64. The second-order valence-electron chi connectivity index (χ2n) is 4.04. The van der Waals surface area contributed by atoms with Crippen LogP contribution in [0.3, 0.4) is 0 Å². The van der Waals surface area contributed by atoms with Crippen molar-refractivity contribution >= 4 is 11.9 Å². The molecule has 0 heterocycles. The number of nitrogens with zero attached hydrogens (tertiary/aromatic N) is 1. The molecule has 0 spiro atoms. The first-order chi connectivity index (χ1) is 8.96. The molecule has 0 unspecified atom stereocenters. The zero-order valence-electron chi connectivity index (χ0n) is 11.2. The van der Waals surface area contributed by atoms with Crippen LogP contribution in [0, 0.1) is 0 Å². The molecule has 0 atom stereocenters. The standard InChI is InChI=1S/C13H17NO5/c1-14(8-13(16)17)12(15)6-9-4-10(18-2)7-11(5-9)19-3/h4-5,7H,6,8H2,1-3H3,(H,16,17). The molecule has 0 fully saturated rings. The molecule has 0 aliphatic heterocycles. The van der Waals surface area contributed by atoms with Gasteiger partial charge in [0.1, 0.15) is 18.0 Å². The van der Waals surface area contributed by atoms with Gasteiger partial charge in [-0.05, 0) is 17.7 Å². The van der Waals surface area contributed by atoms with E-state index in [9.17, 15) is 9.59 Å². The van der Waals surface area contributed by atoms with Gasteiger partial charge < -0.3 is 19.5 Å². The third kappa shape index (κ3) is 4.50. The Balaban J connectivity index is 2.80. The fourth-order valence-electron chi connectivity index (χ4n) is 1.57. The van der Waals surface area contributed by atoms with Crippen molar-refractivity contribution in [3.05, 3.63) is 23.8 Å². The molecule has 19 heavy (non-hydrogen) atoms. The van der Waals surface area contributed by atoms with Gasteiger partial charge in [-0.15, -0.1) is 0 Å². The average Bonchev–Trinajstić information content (AvgIpc) is 2.37. The average molecular weight is 267 g/mol. The number of hydrogen-bond donors (Lipinski definition) is 1. The van der Waals surface area contributed by atoms with Gasteiger partial charge in [-0.3, -0.25) is 9.59 Å². The van der Waals surface area contributed by atoms with Gasteiger partial charge in [-0.25, -0.2) is 0 Å². The molecule has 1 N–H and O–H groups in total. The number of rotatable bonds is 6. The number of likely N-dealkylation sites (N-methyl/N-ethyl adjacent to an activating group) is 1. The van der Waals surface area contributed by atoms with Crippen LogP contribution in [-0.4, -0.2) is 49.7 Å². The van der Waals surface area contributed by atoms with Gasteiger partial charge >= 0.3 is 5.97 Å². The first-order valence-electron chi connectivity index (χ1n) is 5.64. The molecule has 6 nitrogen and oxygen atoms in total. The molecule has 1 amide bonds. The summed E-state index contributed by atoms with van der Waals surface area (Å²) in [5, 5.41) is 8.63. The number of hydrogen-bond acceptors (Lipinski definition) is 4. The first kappa shape index (κ1) is 14.8. The maximum absolute atomic E-state index is 11.8. The van der Waals surface area contributed by atoms with Crippen molar-refractivity contribution in [2.24, 2.45) is 0 Å². The topological polar surface area (TPSA) is 76.1 Å². The van der Waals surface area contributed by atoms with E-state index in [0.717, 1.165) is 4.90 Å².